The van der Waals surface area contributed by atoms with Crippen LogP contribution in [0.25, 0.3) is 0 Å². The van der Waals surface area contributed by atoms with E-state index in [0.717, 1.165) is 5.56 Å². The van der Waals surface area contributed by atoms with Crippen LogP contribution in [0.2, 0.25) is 0 Å². The number of carbonyl (C=O) groups excluding carboxylic acids is 1. The Labute approximate surface area is 127 Å². The molecule has 0 radical (unpaired) electrons. The molecule has 0 bridgehead atoms. The summed E-state index contributed by atoms with van der Waals surface area (Å²) in [6.07, 6.45) is -0.421. The quantitative estimate of drug-likeness (QED) is 0.753. The summed E-state index contributed by atoms with van der Waals surface area (Å²) in [5.41, 5.74) is 1.58. The Bertz CT molecular complexity index is 762. The van der Waals surface area contributed by atoms with E-state index in [2.05, 4.69) is 0 Å². The molecule has 5 nitrogen and oxygen atoms in total. The molecule has 2 aromatic rings. The predicted octanol–water partition coefficient (Wildman–Crippen LogP) is 3.13. The van der Waals surface area contributed by atoms with Crippen molar-refractivity contribution < 1.29 is 24.9 Å². The molecule has 2 aromatic carbocycles. The lowest BCUT2D eigenvalue weighted by atomic mass is 9.92. The fourth-order valence-corrected chi connectivity index (χ4v) is 2.72. The number of ether oxygens (including phenoxy) is 1. The van der Waals surface area contributed by atoms with Gasteiger partial charge in [-0.2, -0.15) is 0 Å². The fourth-order valence-electron chi connectivity index (χ4n) is 2.72. The zero-order valence-electron chi connectivity index (χ0n) is 12.3. The molecule has 0 spiro atoms. The summed E-state index contributed by atoms with van der Waals surface area (Å²) in [6.45, 7) is 3.20. The lowest BCUT2D eigenvalue weighted by Gasteiger charge is -2.28. The number of phenols is 3. The van der Waals surface area contributed by atoms with E-state index in [1.807, 2.05) is 0 Å². The number of hydrogen-bond acceptors (Lipinski definition) is 5. The highest BCUT2D eigenvalue weighted by molar-refractivity contribution is 6.03. The number of benzene rings is 2. The van der Waals surface area contributed by atoms with Crippen molar-refractivity contribution in [2.24, 2.45) is 0 Å². The molecule has 3 N–H and O–H groups in total. The molecule has 0 amide bonds. The van der Waals surface area contributed by atoms with Crippen molar-refractivity contribution in [1.29, 1.82) is 0 Å². The Morgan fingerprint density at radius 1 is 1.00 bits per heavy atom. The van der Waals surface area contributed by atoms with E-state index in [1.165, 1.54) is 12.1 Å². The monoisotopic (exact) mass is 300 g/mol. The van der Waals surface area contributed by atoms with E-state index >= 15 is 0 Å². The largest absolute Gasteiger partial charge is 0.508 e. The van der Waals surface area contributed by atoms with Crippen LogP contribution < -0.4 is 4.74 Å². The number of Topliss-reactive ketones (excluding diaryl/α,β-unsaturated/α-hetero) is 1. The molecule has 0 saturated heterocycles. The van der Waals surface area contributed by atoms with E-state index < -0.39 is 6.10 Å². The Hall–Kier alpha value is -2.69. The van der Waals surface area contributed by atoms with Gasteiger partial charge < -0.3 is 20.1 Å². The third kappa shape index (κ3) is 2.06. The van der Waals surface area contributed by atoms with Crippen molar-refractivity contribution in [2.75, 3.05) is 0 Å². The molecule has 114 valence electrons. The SMILES string of the molecule is Cc1c(O)c(C)c2c(c1O)C(=O)C[C@H](c1ccc(O)cc1)O2. The highest BCUT2D eigenvalue weighted by Gasteiger charge is 2.33. The molecular weight excluding hydrogens is 284 g/mol. The zero-order chi connectivity index (χ0) is 16.0. The summed E-state index contributed by atoms with van der Waals surface area (Å²) in [6, 6.07) is 6.41. The minimum Gasteiger partial charge on any atom is -0.508 e. The molecule has 22 heavy (non-hydrogen) atoms. The topological polar surface area (TPSA) is 87.0 Å². The van der Waals surface area contributed by atoms with Crippen molar-refractivity contribution in [1.82, 2.24) is 0 Å². The number of carbonyl (C=O) groups is 1. The average Bonchev–Trinajstić information content (AvgIpc) is 2.50. The second-order valence-corrected chi connectivity index (χ2v) is 5.48. The van der Waals surface area contributed by atoms with Crippen molar-refractivity contribution in [3.8, 4) is 23.0 Å². The van der Waals surface area contributed by atoms with Gasteiger partial charge in [0.25, 0.3) is 0 Å². The second-order valence-electron chi connectivity index (χ2n) is 5.48. The van der Waals surface area contributed by atoms with E-state index in [-0.39, 0.29) is 46.3 Å². The summed E-state index contributed by atoms with van der Waals surface area (Å²) in [5.74, 6) is -0.186. The average molecular weight is 300 g/mol. The maximum atomic E-state index is 12.4. The fraction of sp³-hybridized carbons (Fsp3) is 0.235. The van der Waals surface area contributed by atoms with Gasteiger partial charge in [-0.1, -0.05) is 12.1 Å². The Balaban J connectivity index is 2.09. The molecule has 0 saturated carbocycles. The number of rotatable bonds is 1. The van der Waals surface area contributed by atoms with Gasteiger partial charge in [0.05, 0.1) is 6.42 Å². The Kier molecular flexibility index (Phi) is 3.20. The summed E-state index contributed by atoms with van der Waals surface area (Å²) >= 11 is 0. The van der Waals surface area contributed by atoms with Crippen LogP contribution in [0.1, 0.15) is 39.6 Å². The first-order valence-electron chi connectivity index (χ1n) is 6.94. The third-order valence-corrected chi connectivity index (χ3v) is 4.04. The molecule has 1 atom stereocenters. The molecular formula is C17H16O5. The summed E-state index contributed by atoms with van der Waals surface area (Å²) in [4.78, 5) is 12.4. The number of hydrogen-bond donors (Lipinski definition) is 3. The van der Waals surface area contributed by atoms with Gasteiger partial charge in [-0.05, 0) is 31.5 Å². The van der Waals surface area contributed by atoms with Gasteiger partial charge in [-0.25, -0.2) is 0 Å². The molecule has 1 heterocycles. The number of phenolic OH excluding ortho intramolecular Hbond substituents is 3. The summed E-state index contributed by atoms with van der Waals surface area (Å²) in [7, 11) is 0. The van der Waals surface area contributed by atoms with Crippen molar-refractivity contribution in [2.45, 2.75) is 26.4 Å². The van der Waals surface area contributed by atoms with E-state index in [4.69, 9.17) is 4.74 Å². The molecule has 1 aliphatic rings. The van der Waals surface area contributed by atoms with Crippen LogP contribution in [0.15, 0.2) is 24.3 Å². The summed E-state index contributed by atoms with van der Waals surface area (Å²) < 4.78 is 5.85. The lowest BCUT2D eigenvalue weighted by molar-refractivity contribution is 0.0842. The molecule has 0 fully saturated rings. The van der Waals surface area contributed by atoms with Crippen LogP contribution >= 0.6 is 0 Å². The van der Waals surface area contributed by atoms with Crippen molar-refractivity contribution >= 4 is 5.78 Å². The van der Waals surface area contributed by atoms with E-state index in [9.17, 15) is 20.1 Å². The van der Waals surface area contributed by atoms with Crippen LogP contribution in [0.4, 0.5) is 0 Å². The van der Waals surface area contributed by atoms with Crippen molar-refractivity contribution in [3.05, 3.63) is 46.5 Å². The molecule has 0 unspecified atom stereocenters. The van der Waals surface area contributed by atoms with Gasteiger partial charge in [0.2, 0.25) is 0 Å². The highest BCUT2D eigenvalue weighted by atomic mass is 16.5. The first-order chi connectivity index (χ1) is 10.4. The maximum Gasteiger partial charge on any atom is 0.174 e. The van der Waals surface area contributed by atoms with Crippen molar-refractivity contribution in [3.63, 3.8) is 0 Å². The number of ketones is 1. The normalized spacial score (nSPS) is 17.0. The molecule has 5 heteroatoms. The molecule has 3 rings (SSSR count). The van der Waals surface area contributed by atoms with Crippen LogP contribution in [0, 0.1) is 13.8 Å². The van der Waals surface area contributed by atoms with Gasteiger partial charge in [-0.15, -0.1) is 0 Å². The zero-order valence-corrected chi connectivity index (χ0v) is 12.3. The van der Waals surface area contributed by atoms with Gasteiger partial charge >= 0.3 is 0 Å². The van der Waals surface area contributed by atoms with E-state index in [1.54, 1.807) is 26.0 Å². The maximum absolute atomic E-state index is 12.4. The molecule has 0 aromatic heterocycles. The standard InChI is InChI=1S/C17H16O5/c1-8-15(20)9(2)17-14(16(8)21)12(19)7-13(22-17)10-3-5-11(18)6-4-10/h3-6,13,18,20-21H,7H2,1-2H3/t13-/m1/s1. The third-order valence-electron chi connectivity index (χ3n) is 4.04. The first kappa shape index (κ1) is 14.3. The minimum atomic E-state index is -0.513. The Morgan fingerprint density at radius 3 is 2.27 bits per heavy atom. The van der Waals surface area contributed by atoms with Crippen LogP contribution in [-0.2, 0) is 0 Å². The smallest absolute Gasteiger partial charge is 0.174 e. The minimum absolute atomic E-state index is 0.0737. The summed E-state index contributed by atoms with van der Waals surface area (Å²) in [5, 5.41) is 29.5. The lowest BCUT2D eigenvalue weighted by Crippen LogP contribution is -2.21. The van der Waals surface area contributed by atoms with Gasteiger partial charge in [-0.3, -0.25) is 4.79 Å². The predicted molar refractivity (Wildman–Crippen MR) is 79.7 cm³/mol. The van der Waals surface area contributed by atoms with Crippen LogP contribution in [0.3, 0.4) is 0 Å². The second kappa shape index (κ2) is 4.94. The first-order valence-corrected chi connectivity index (χ1v) is 6.94. The Morgan fingerprint density at radius 2 is 1.64 bits per heavy atom. The number of aromatic hydroxyl groups is 3. The molecule has 1 aliphatic heterocycles. The van der Waals surface area contributed by atoms with Crippen LogP contribution in [0.5, 0.6) is 23.0 Å². The van der Waals surface area contributed by atoms with Gasteiger partial charge in [0, 0.05) is 11.1 Å². The highest BCUT2D eigenvalue weighted by Crippen LogP contribution is 2.47. The van der Waals surface area contributed by atoms with Gasteiger partial charge in [0.1, 0.15) is 34.7 Å². The molecule has 0 aliphatic carbocycles. The van der Waals surface area contributed by atoms with Crippen LogP contribution in [-0.4, -0.2) is 21.1 Å². The van der Waals surface area contributed by atoms with Gasteiger partial charge in [0.15, 0.2) is 5.78 Å². The van der Waals surface area contributed by atoms with E-state index in [0.29, 0.717) is 5.56 Å². The number of fused-ring (bicyclic) bond motifs is 1.